The second kappa shape index (κ2) is 8.33. The number of ether oxygens (including phenoxy) is 2. The van der Waals surface area contributed by atoms with Crippen molar-refractivity contribution in [1.29, 1.82) is 0 Å². The van der Waals surface area contributed by atoms with Gasteiger partial charge in [0.25, 0.3) is 0 Å². The number of aromatic nitrogens is 3. The third kappa shape index (κ3) is 4.23. The molecule has 0 spiro atoms. The molecule has 0 radical (unpaired) electrons. The Labute approximate surface area is 163 Å². The summed E-state index contributed by atoms with van der Waals surface area (Å²) in [7, 11) is 0. The summed E-state index contributed by atoms with van der Waals surface area (Å²) < 4.78 is 11.8. The molecule has 1 aromatic heterocycles. The molecule has 0 aliphatic heterocycles. The van der Waals surface area contributed by atoms with Gasteiger partial charge in [-0.1, -0.05) is 39.7 Å². The molecular formula is C18H15BrClN3O3. The van der Waals surface area contributed by atoms with Gasteiger partial charge in [0.1, 0.15) is 18.1 Å². The van der Waals surface area contributed by atoms with Crippen LogP contribution in [0, 0.1) is 0 Å². The van der Waals surface area contributed by atoms with E-state index >= 15 is 0 Å². The Kier molecular flexibility index (Phi) is 5.90. The highest BCUT2D eigenvalue weighted by atomic mass is 79.9. The smallest absolute Gasteiger partial charge is 0.361 e. The monoisotopic (exact) mass is 435 g/mol. The van der Waals surface area contributed by atoms with Crippen LogP contribution >= 0.6 is 27.5 Å². The van der Waals surface area contributed by atoms with Crippen LogP contribution in [-0.2, 0) is 11.3 Å². The molecular weight excluding hydrogens is 422 g/mol. The molecule has 2 aromatic carbocycles. The number of esters is 1. The topological polar surface area (TPSA) is 77.1 Å². The van der Waals surface area contributed by atoms with Crippen molar-refractivity contribution in [2.75, 3.05) is 6.61 Å². The minimum atomic E-state index is -0.542. The highest BCUT2D eigenvalue weighted by Gasteiger charge is 2.22. The fourth-order valence-corrected chi connectivity index (χ4v) is 2.80. The van der Waals surface area contributed by atoms with Gasteiger partial charge in [0.2, 0.25) is 0 Å². The van der Waals surface area contributed by atoms with E-state index in [2.05, 4.69) is 31.3 Å². The Morgan fingerprint density at radius 3 is 2.69 bits per heavy atom. The molecule has 3 aromatic rings. The van der Waals surface area contributed by atoms with Crippen molar-refractivity contribution in [2.45, 2.75) is 13.5 Å². The average molecular weight is 437 g/mol. The lowest BCUT2D eigenvalue weighted by Crippen LogP contribution is -2.07. The number of rotatable bonds is 6. The van der Waals surface area contributed by atoms with Crippen LogP contribution in [0.5, 0.6) is 5.75 Å². The number of halogens is 2. The molecule has 0 aliphatic rings. The molecule has 0 fully saturated rings. The van der Waals surface area contributed by atoms with Gasteiger partial charge in [-0.3, -0.25) is 0 Å². The maximum atomic E-state index is 12.1. The number of aromatic amines is 1. The largest absolute Gasteiger partial charge is 0.488 e. The van der Waals surface area contributed by atoms with E-state index in [0.717, 1.165) is 10.0 Å². The van der Waals surface area contributed by atoms with Crippen LogP contribution in [0.15, 0.2) is 46.9 Å². The normalized spacial score (nSPS) is 10.6. The zero-order valence-corrected chi connectivity index (χ0v) is 16.2. The second-order valence-corrected chi connectivity index (χ2v) is 6.65. The lowest BCUT2D eigenvalue weighted by atomic mass is 10.1. The van der Waals surface area contributed by atoms with Gasteiger partial charge in [-0.25, -0.2) is 4.79 Å². The van der Waals surface area contributed by atoms with Crippen LogP contribution in [0.4, 0.5) is 0 Å². The standard InChI is InChI=1S/C18H15BrClN3O3/c1-2-25-18(24)17-16(21-23-22-17)14-9-12(19)5-8-15(14)26-10-11-3-6-13(20)7-4-11/h3-9H,2,10H2,1H3,(H,21,22,23). The first-order chi connectivity index (χ1) is 12.6. The number of hydrogen-bond acceptors (Lipinski definition) is 5. The van der Waals surface area contributed by atoms with Crippen molar-refractivity contribution in [3.05, 3.63) is 63.2 Å². The summed E-state index contributed by atoms with van der Waals surface area (Å²) in [5.74, 6) is 0.0301. The number of nitrogens with zero attached hydrogens (tertiary/aromatic N) is 2. The quantitative estimate of drug-likeness (QED) is 0.569. The SMILES string of the molecule is CCOC(=O)c1n[nH]nc1-c1cc(Br)ccc1OCc1ccc(Cl)cc1. The van der Waals surface area contributed by atoms with Crippen LogP contribution in [0.25, 0.3) is 11.3 Å². The van der Waals surface area contributed by atoms with E-state index in [9.17, 15) is 4.79 Å². The average Bonchev–Trinajstić information content (AvgIpc) is 3.12. The molecule has 134 valence electrons. The lowest BCUT2D eigenvalue weighted by molar-refractivity contribution is 0.0520. The molecule has 1 N–H and O–H groups in total. The zero-order valence-electron chi connectivity index (χ0n) is 13.8. The van der Waals surface area contributed by atoms with E-state index in [4.69, 9.17) is 21.1 Å². The summed E-state index contributed by atoms with van der Waals surface area (Å²) in [5.41, 5.74) is 2.08. The van der Waals surface area contributed by atoms with Crippen molar-refractivity contribution in [3.63, 3.8) is 0 Å². The van der Waals surface area contributed by atoms with E-state index in [1.807, 2.05) is 24.3 Å². The van der Waals surface area contributed by atoms with Gasteiger partial charge in [-0.2, -0.15) is 10.3 Å². The van der Waals surface area contributed by atoms with Crippen molar-refractivity contribution < 1.29 is 14.3 Å². The van der Waals surface area contributed by atoms with E-state index in [0.29, 0.717) is 28.6 Å². The molecule has 8 heteroatoms. The number of carbonyl (C=O) groups is 1. The molecule has 0 saturated carbocycles. The van der Waals surface area contributed by atoms with Crippen molar-refractivity contribution >= 4 is 33.5 Å². The predicted octanol–water partition coefficient (Wildman–Crippen LogP) is 4.64. The Balaban J connectivity index is 1.90. The first-order valence-electron chi connectivity index (χ1n) is 7.83. The Morgan fingerprint density at radius 1 is 1.19 bits per heavy atom. The van der Waals surface area contributed by atoms with Crippen LogP contribution in [0.1, 0.15) is 23.0 Å². The number of nitrogens with one attached hydrogen (secondary N) is 1. The van der Waals surface area contributed by atoms with E-state index in [-0.39, 0.29) is 12.3 Å². The first kappa shape index (κ1) is 18.4. The highest BCUT2D eigenvalue weighted by Crippen LogP contribution is 2.33. The van der Waals surface area contributed by atoms with E-state index < -0.39 is 5.97 Å². The maximum absolute atomic E-state index is 12.1. The summed E-state index contributed by atoms with van der Waals surface area (Å²) in [6.45, 7) is 2.33. The third-order valence-electron chi connectivity index (χ3n) is 3.52. The van der Waals surface area contributed by atoms with Gasteiger partial charge < -0.3 is 9.47 Å². The summed E-state index contributed by atoms with van der Waals surface area (Å²) in [4.78, 5) is 12.1. The minimum absolute atomic E-state index is 0.112. The van der Waals surface area contributed by atoms with Crippen LogP contribution < -0.4 is 4.74 Å². The predicted molar refractivity (Wildman–Crippen MR) is 101 cm³/mol. The Hall–Kier alpha value is -2.38. The fourth-order valence-electron chi connectivity index (χ4n) is 2.32. The van der Waals surface area contributed by atoms with Crippen LogP contribution in [0.3, 0.4) is 0 Å². The van der Waals surface area contributed by atoms with Crippen LogP contribution in [-0.4, -0.2) is 28.0 Å². The van der Waals surface area contributed by atoms with E-state index in [1.165, 1.54) is 0 Å². The molecule has 26 heavy (non-hydrogen) atoms. The van der Waals surface area contributed by atoms with Gasteiger partial charge in [-0.15, -0.1) is 5.10 Å². The molecule has 6 nitrogen and oxygen atoms in total. The minimum Gasteiger partial charge on any atom is -0.488 e. The highest BCUT2D eigenvalue weighted by molar-refractivity contribution is 9.10. The summed E-state index contributed by atoms with van der Waals surface area (Å²) in [6.07, 6.45) is 0. The van der Waals surface area contributed by atoms with Gasteiger partial charge >= 0.3 is 5.97 Å². The number of H-pyrrole nitrogens is 1. The van der Waals surface area contributed by atoms with Crippen molar-refractivity contribution in [3.8, 4) is 17.0 Å². The molecule has 0 amide bonds. The molecule has 0 atom stereocenters. The van der Waals surface area contributed by atoms with E-state index in [1.54, 1.807) is 25.1 Å². The molecule has 0 bridgehead atoms. The van der Waals surface area contributed by atoms with Crippen molar-refractivity contribution in [1.82, 2.24) is 15.4 Å². The number of hydrogen-bond donors (Lipinski definition) is 1. The first-order valence-corrected chi connectivity index (χ1v) is 9.00. The van der Waals surface area contributed by atoms with Gasteiger partial charge in [0.15, 0.2) is 5.69 Å². The fraction of sp³-hybridized carbons (Fsp3) is 0.167. The summed E-state index contributed by atoms with van der Waals surface area (Å²) in [5, 5.41) is 11.2. The zero-order chi connectivity index (χ0) is 18.5. The van der Waals surface area contributed by atoms with Gasteiger partial charge in [-0.05, 0) is 42.8 Å². The molecule has 0 saturated heterocycles. The Bertz CT molecular complexity index is 912. The Morgan fingerprint density at radius 2 is 1.96 bits per heavy atom. The lowest BCUT2D eigenvalue weighted by Gasteiger charge is -2.11. The maximum Gasteiger partial charge on any atom is 0.361 e. The number of benzene rings is 2. The molecule has 3 rings (SSSR count). The van der Waals surface area contributed by atoms with Gasteiger partial charge in [0.05, 0.1) is 6.61 Å². The second-order valence-electron chi connectivity index (χ2n) is 5.30. The van der Waals surface area contributed by atoms with Gasteiger partial charge in [0, 0.05) is 15.1 Å². The molecule has 1 heterocycles. The molecule has 0 aliphatic carbocycles. The van der Waals surface area contributed by atoms with Crippen molar-refractivity contribution in [2.24, 2.45) is 0 Å². The summed E-state index contributed by atoms with van der Waals surface area (Å²) in [6, 6.07) is 12.9. The third-order valence-corrected chi connectivity index (χ3v) is 4.27. The molecule has 0 unspecified atom stereocenters. The summed E-state index contributed by atoms with van der Waals surface area (Å²) >= 11 is 9.34. The van der Waals surface area contributed by atoms with Crippen LogP contribution in [0.2, 0.25) is 5.02 Å². The number of carbonyl (C=O) groups excluding carboxylic acids is 1.